The molecule has 3 rings (SSSR count). The number of anilines is 1. The van der Waals surface area contributed by atoms with Crippen LogP contribution in [0.4, 0.5) is 11.6 Å². The fourth-order valence-electron chi connectivity index (χ4n) is 2.09. The predicted octanol–water partition coefficient (Wildman–Crippen LogP) is 1.25. The summed E-state index contributed by atoms with van der Waals surface area (Å²) in [5.74, 6) is 0.432. The van der Waals surface area contributed by atoms with Gasteiger partial charge in [-0.15, -0.1) is 0 Å². The van der Waals surface area contributed by atoms with Crippen molar-refractivity contribution >= 4 is 27.6 Å². The second-order valence-corrected chi connectivity index (χ2v) is 5.91. The lowest BCUT2D eigenvalue weighted by Crippen LogP contribution is -2.35. The van der Waals surface area contributed by atoms with E-state index in [9.17, 15) is 10.1 Å². The Labute approximate surface area is 139 Å². The number of hydrogen-bond acceptors (Lipinski definition) is 8. The van der Waals surface area contributed by atoms with Crippen LogP contribution < -0.4 is 14.4 Å². The highest BCUT2D eigenvalue weighted by molar-refractivity contribution is 9.10. The second-order valence-electron chi connectivity index (χ2n) is 5.06. The number of ether oxygens (including phenoxy) is 2. The summed E-state index contributed by atoms with van der Waals surface area (Å²) in [6.45, 7) is 0.581. The van der Waals surface area contributed by atoms with E-state index in [0.29, 0.717) is 12.4 Å². The van der Waals surface area contributed by atoms with Crippen LogP contribution in [0.2, 0.25) is 0 Å². The molecule has 0 amide bonds. The van der Waals surface area contributed by atoms with Gasteiger partial charge in [0.2, 0.25) is 0 Å². The van der Waals surface area contributed by atoms with Crippen molar-refractivity contribution < 1.29 is 14.4 Å². The first-order valence-corrected chi connectivity index (χ1v) is 7.44. The molecule has 0 aliphatic carbocycles. The third-order valence-corrected chi connectivity index (χ3v) is 3.67. The Morgan fingerprint density at radius 2 is 2.30 bits per heavy atom. The highest BCUT2D eigenvalue weighted by Crippen LogP contribution is 2.25. The number of nitro groups is 1. The fraction of sp³-hybridized carbons (Fsp3) is 0.417. The van der Waals surface area contributed by atoms with Crippen LogP contribution in [-0.2, 0) is 6.54 Å². The van der Waals surface area contributed by atoms with Gasteiger partial charge in [0.1, 0.15) is 18.6 Å². The highest BCUT2D eigenvalue weighted by Gasteiger charge is 2.29. The number of aromatic nitrogens is 4. The zero-order valence-corrected chi connectivity index (χ0v) is 13.9. The molecule has 2 aromatic heterocycles. The molecule has 0 saturated heterocycles. The van der Waals surface area contributed by atoms with Crippen LogP contribution in [0.25, 0.3) is 0 Å². The third-order valence-electron chi connectivity index (χ3n) is 3.11. The summed E-state index contributed by atoms with van der Waals surface area (Å²) in [6, 6.07) is 0.422. The molecule has 0 spiro atoms. The maximum atomic E-state index is 10.7. The zero-order valence-electron chi connectivity index (χ0n) is 12.3. The summed E-state index contributed by atoms with van der Waals surface area (Å²) in [5, 5.41) is 10.7. The number of nitrogens with zero attached hydrogens (tertiary/aromatic N) is 6. The number of fused-ring (bicyclic) bond motifs is 1. The SMILES string of the molecule is CN(C)c1nc(OC2COc3nc([N+](=O)[O-])cn3C2)ncc1Br. The molecule has 0 saturated carbocycles. The van der Waals surface area contributed by atoms with Crippen molar-refractivity contribution in [2.24, 2.45) is 0 Å². The van der Waals surface area contributed by atoms with E-state index in [2.05, 4.69) is 30.9 Å². The van der Waals surface area contributed by atoms with E-state index < -0.39 is 4.92 Å². The first-order chi connectivity index (χ1) is 10.9. The van der Waals surface area contributed by atoms with Gasteiger partial charge in [0.15, 0.2) is 6.10 Å². The van der Waals surface area contributed by atoms with E-state index >= 15 is 0 Å². The molecular weight excluding hydrogens is 372 g/mol. The van der Waals surface area contributed by atoms with Crippen molar-refractivity contribution in [2.75, 3.05) is 25.6 Å². The minimum atomic E-state index is -0.564. The summed E-state index contributed by atoms with van der Waals surface area (Å²) in [5.41, 5.74) is 0. The Morgan fingerprint density at radius 1 is 1.52 bits per heavy atom. The van der Waals surface area contributed by atoms with E-state index in [1.165, 1.54) is 10.8 Å². The summed E-state index contributed by atoms with van der Waals surface area (Å²) in [7, 11) is 3.72. The molecule has 0 bridgehead atoms. The largest absolute Gasteiger partial charge is 0.455 e. The predicted molar refractivity (Wildman–Crippen MR) is 82.9 cm³/mol. The van der Waals surface area contributed by atoms with Crippen LogP contribution in [0.15, 0.2) is 16.9 Å². The van der Waals surface area contributed by atoms with Crippen molar-refractivity contribution in [1.82, 2.24) is 19.5 Å². The Balaban J connectivity index is 1.74. The standard InChI is InChI=1S/C12H13BrN6O4/c1-17(2)10-8(13)3-14-11(16-10)23-7-4-18-5-9(19(20)21)15-12(18)22-6-7/h3,5,7H,4,6H2,1-2H3. The topological polar surface area (TPSA) is 108 Å². The Bertz CT molecular complexity index is 749. The first kappa shape index (κ1) is 15.5. The van der Waals surface area contributed by atoms with Crippen molar-refractivity contribution in [3.63, 3.8) is 0 Å². The molecule has 10 nitrogen and oxygen atoms in total. The number of rotatable bonds is 4. The summed E-state index contributed by atoms with van der Waals surface area (Å²) in [6.07, 6.45) is 2.56. The van der Waals surface area contributed by atoms with E-state index in [4.69, 9.17) is 9.47 Å². The molecule has 1 aliphatic rings. The van der Waals surface area contributed by atoms with E-state index in [1.807, 2.05) is 19.0 Å². The maximum absolute atomic E-state index is 10.7. The first-order valence-electron chi connectivity index (χ1n) is 6.65. The molecule has 3 heterocycles. The van der Waals surface area contributed by atoms with Crippen molar-refractivity contribution in [1.29, 1.82) is 0 Å². The normalized spacial score (nSPS) is 16.4. The molecule has 1 atom stereocenters. The second kappa shape index (κ2) is 5.99. The van der Waals surface area contributed by atoms with Gasteiger partial charge in [0, 0.05) is 19.1 Å². The van der Waals surface area contributed by atoms with Gasteiger partial charge in [-0.3, -0.25) is 4.57 Å². The number of imidazole rings is 1. The fourth-order valence-corrected chi connectivity index (χ4v) is 2.64. The van der Waals surface area contributed by atoms with Crippen LogP contribution in [-0.4, -0.2) is 51.2 Å². The van der Waals surface area contributed by atoms with E-state index in [1.54, 1.807) is 6.20 Å². The van der Waals surface area contributed by atoms with Crippen LogP contribution >= 0.6 is 15.9 Å². The molecule has 0 aromatic carbocycles. The molecule has 2 aromatic rings. The van der Waals surface area contributed by atoms with Gasteiger partial charge in [-0.25, -0.2) is 4.98 Å². The minimum Gasteiger partial charge on any atom is -0.455 e. The summed E-state index contributed by atoms with van der Waals surface area (Å²) >= 11 is 3.37. The molecule has 23 heavy (non-hydrogen) atoms. The summed E-state index contributed by atoms with van der Waals surface area (Å²) in [4.78, 5) is 24.2. The minimum absolute atomic E-state index is 0.210. The van der Waals surface area contributed by atoms with Crippen LogP contribution in [0.1, 0.15) is 0 Å². The molecule has 1 unspecified atom stereocenters. The quantitative estimate of drug-likeness (QED) is 0.572. The van der Waals surface area contributed by atoms with Crippen LogP contribution in [0, 0.1) is 10.1 Å². The van der Waals surface area contributed by atoms with E-state index in [0.717, 1.165) is 4.47 Å². The third kappa shape index (κ3) is 3.18. The molecular formula is C12H13BrN6O4. The van der Waals surface area contributed by atoms with Crippen molar-refractivity contribution in [3.05, 3.63) is 27.0 Å². The smallest absolute Gasteiger partial charge is 0.414 e. The molecule has 122 valence electrons. The summed E-state index contributed by atoms with van der Waals surface area (Å²) < 4.78 is 13.4. The van der Waals surface area contributed by atoms with Gasteiger partial charge in [-0.05, 0) is 20.9 Å². The molecule has 0 N–H and O–H groups in total. The molecule has 0 fully saturated rings. The van der Waals surface area contributed by atoms with E-state index in [-0.39, 0.29) is 30.5 Å². The monoisotopic (exact) mass is 384 g/mol. The molecule has 1 aliphatic heterocycles. The zero-order chi connectivity index (χ0) is 16.6. The van der Waals surface area contributed by atoms with Gasteiger partial charge in [-0.2, -0.15) is 4.98 Å². The lowest BCUT2D eigenvalue weighted by atomic mass is 10.3. The highest BCUT2D eigenvalue weighted by atomic mass is 79.9. The van der Waals surface area contributed by atoms with Gasteiger partial charge >= 0.3 is 17.8 Å². The van der Waals surface area contributed by atoms with Crippen molar-refractivity contribution in [3.8, 4) is 12.0 Å². The van der Waals surface area contributed by atoms with Gasteiger partial charge < -0.3 is 24.5 Å². The van der Waals surface area contributed by atoms with Crippen molar-refractivity contribution in [2.45, 2.75) is 12.6 Å². The van der Waals surface area contributed by atoms with Gasteiger partial charge in [0.05, 0.1) is 17.2 Å². The Kier molecular flexibility index (Phi) is 4.03. The Morgan fingerprint density at radius 3 is 3.00 bits per heavy atom. The van der Waals surface area contributed by atoms with Crippen LogP contribution in [0.3, 0.4) is 0 Å². The lowest BCUT2D eigenvalue weighted by molar-refractivity contribution is -0.389. The van der Waals surface area contributed by atoms with Gasteiger partial charge in [-0.1, -0.05) is 0 Å². The van der Waals surface area contributed by atoms with Crippen LogP contribution in [0.5, 0.6) is 12.0 Å². The number of halogens is 1. The molecule has 0 radical (unpaired) electrons. The number of hydrogen-bond donors (Lipinski definition) is 0. The van der Waals surface area contributed by atoms with Gasteiger partial charge in [0.25, 0.3) is 0 Å². The average Bonchev–Trinajstić information content (AvgIpc) is 2.92. The lowest BCUT2D eigenvalue weighted by Gasteiger charge is -2.22. The average molecular weight is 385 g/mol. The molecule has 11 heteroatoms. The maximum Gasteiger partial charge on any atom is 0.414 e. The Hall–Kier alpha value is -2.43.